The van der Waals surface area contributed by atoms with Gasteiger partial charge in [0.15, 0.2) is 0 Å². The molecule has 0 bridgehead atoms. The fourth-order valence-electron chi connectivity index (χ4n) is 1.68. The summed E-state index contributed by atoms with van der Waals surface area (Å²) in [4.78, 5) is 14.8. The van der Waals surface area contributed by atoms with Crippen molar-refractivity contribution >= 4 is 11.6 Å². The molecule has 0 aliphatic heterocycles. The first kappa shape index (κ1) is 13.0. The number of halogens is 1. The summed E-state index contributed by atoms with van der Waals surface area (Å²) >= 11 is 0. The summed E-state index contributed by atoms with van der Waals surface area (Å²) in [5.74, 6) is -0.792. The van der Waals surface area contributed by atoms with Crippen LogP contribution in [0.15, 0.2) is 42.6 Å². The molecule has 0 saturated heterocycles. The van der Waals surface area contributed by atoms with Crippen molar-refractivity contribution in [3.63, 3.8) is 0 Å². The van der Waals surface area contributed by atoms with Crippen molar-refractivity contribution in [3.8, 4) is 0 Å². The number of aromatic nitrogens is 1. The second-order valence-electron chi connectivity index (χ2n) is 4.10. The van der Waals surface area contributed by atoms with Gasteiger partial charge in [0.1, 0.15) is 11.5 Å². The topological polar surface area (TPSA) is 68.0 Å². The lowest BCUT2D eigenvalue weighted by Gasteiger charge is -2.07. The molecule has 1 amide bonds. The number of pyridine rings is 1. The monoisotopic (exact) mass is 259 g/mol. The highest BCUT2D eigenvalue weighted by molar-refractivity contribution is 5.91. The zero-order chi connectivity index (χ0) is 13.7. The third-order valence-corrected chi connectivity index (χ3v) is 2.67. The standard InChI is InChI=1S/C14H14FN3O/c15-11-3-1-10(2-4-11)5-7-17-12-6-8-18-13(9-12)14(16)19/h1-4,6,8-9H,5,7H2,(H2,16,19)(H,17,18). The Morgan fingerprint density at radius 1 is 1.26 bits per heavy atom. The molecule has 2 aromatic rings. The van der Waals surface area contributed by atoms with Crippen molar-refractivity contribution in [3.05, 3.63) is 59.7 Å². The van der Waals surface area contributed by atoms with Gasteiger partial charge >= 0.3 is 0 Å². The average Bonchev–Trinajstić information content (AvgIpc) is 2.41. The molecule has 0 unspecified atom stereocenters. The molecule has 0 fully saturated rings. The largest absolute Gasteiger partial charge is 0.385 e. The first-order chi connectivity index (χ1) is 9.15. The van der Waals surface area contributed by atoms with Crippen LogP contribution < -0.4 is 11.1 Å². The quantitative estimate of drug-likeness (QED) is 0.862. The molecule has 0 aliphatic carbocycles. The van der Waals surface area contributed by atoms with Gasteiger partial charge in [0, 0.05) is 18.4 Å². The third kappa shape index (κ3) is 3.77. The highest BCUT2D eigenvalue weighted by Crippen LogP contribution is 2.08. The maximum absolute atomic E-state index is 12.7. The number of anilines is 1. The molecule has 1 heterocycles. The van der Waals surface area contributed by atoms with E-state index in [1.54, 1.807) is 24.3 Å². The van der Waals surface area contributed by atoms with Gasteiger partial charge in [-0.25, -0.2) is 4.39 Å². The lowest BCUT2D eigenvalue weighted by atomic mass is 10.1. The number of primary amides is 1. The van der Waals surface area contributed by atoms with Crippen molar-refractivity contribution in [1.29, 1.82) is 0 Å². The number of nitrogens with two attached hydrogens (primary N) is 1. The van der Waals surface area contributed by atoms with E-state index in [0.717, 1.165) is 17.7 Å². The Morgan fingerprint density at radius 3 is 2.68 bits per heavy atom. The Balaban J connectivity index is 1.90. The molecule has 5 heteroatoms. The maximum atomic E-state index is 12.7. The molecule has 0 atom stereocenters. The summed E-state index contributed by atoms with van der Waals surface area (Å²) in [5, 5.41) is 3.16. The number of hydrogen-bond acceptors (Lipinski definition) is 3. The first-order valence-electron chi connectivity index (χ1n) is 5.89. The molecule has 0 aliphatic rings. The van der Waals surface area contributed by atoms with Crippen LogP contribution in [0.5, 0.6) is 0 Å². The molecule has 98 valence electrons. The van der Waals surface area contributed by atoms with Crippen molar-refractivity contribution in [2.45, 2.75) is 6.42 Å². The molecule has 1 aromatic heterocycles. The molecule has 2 rings (SSSR count). The number of nitrogens with one attached hydrogen (secondary N) is 1. The highest BCUT2D eigenvalue weighted by Gasteiger charge is 2.02. The molecule has 0 saturated carbocycles. The van der Waals surface area contributed by atoms with Crippen LogP contribution >= 0.6 is 0 Å². The van der Waals surface area contributed by atoms with E-state index < -0.39 is 5.91 Å². The van der Waals surface area contributed by atoms with Crippen LogP contribution in [0.3, 0.4) is 0 Å². The summed E-state index contributed by atoms with van der Waals surface area (Å²) in [6.45, 7) is 0.674. The Labute approximate surface area is 110 Å². The van der Waals surface area contributed by atoms with E-state index >= 15 is 0 Å². The fourth-order valence-corrected chi connectivity index (χ4v) is 1.68. The second-order valence-corrected chi connectivity index (χ2v) is 4.10. The van der Waals surface area contributed by atoms with Crippen LogP contribution in [0.2, 0.25) is 0 Å². The van der Waals surface area contributed by atoms with E-state index in [2.05, 4.69) is 10.3 Å². The Bertz CT molecular complexity index is 569. The minimum atomic E-state index is -0.554. The number of rotatable bonds is 5. The Kier molecular flexibility index (Phi) is 4.07. The fraction of sp³-hybridized carbons (Fsp3) is 0.143. The minimum Gasteiger partial charge on any atom is -0.385 e. The molecular weight excluding hydrogens is 245 g/mol. The predicted octanol–water partition coefficient (Wildman–Crippen LogP) is 1.97. The van der Waals surface area contributed by atoms with E-state index in [9.17, 15) is 9.18 Å². The summed E-state index contributed by atoms with van der Waals surface area (Å²) in [6, 6.07) is 9.74. The van der Waals surface area contributed by atoms with Crippen molar-refractivity contribution in [2.24, 2.45) is 5.73 Å². The van der Waals surface area contributed by atoms with Gasteiger partial charge in [0.05, 0.1) is 0 Å². The molecule has 0 radical (unpaired) electrons. The Hall–Kier alpha value is -2.43. The van der Waals surface area contributed by atoms with Gasteiger partial charge in [-0.1, -0.05) is 12.1 Å². The molecule has 1 aromatic carbocycles. The molecule has 0 spiro atoms. The summed E-state index contributed by atoms with van der Waals surface area (Å²) in [7, 11) is 0. The summed E-state index contributed by atoms with van der Waals surface area (Å²) < 4.78 is 12.7. The normalized spacial score (nSPS) is 10.2. The van der Waals surface area contributed by atoms with Gasteiger partial charge in [-0.2, -0.15) is 0 Å². The lowest BCUT2D eigenvalue weighted by Crippen LogP contribution is -2.13. The van der Waals surface area contributed by atoms with E-state index in [-0.39, 0.29) is 11.5 Å². The third-order valence-electron chi connectivity index (χ3n) is 2.67. The van der Waals surface area contributed by atoms with E-state index in [0.29, 0.717) is 6.54 Å². The predicted molar refractivity (Wildman–Crippen MR) is 71.3 cm³/mol. The van der Waals surface area contributed by atoms with E-state index in [1.165, 1.54) is 18.3 Å². The van der Waals surface area contributed by atoms with Crippen LogP contribution in [-0.2, 0) is 6.42 Å². The van der Waals surface area contributed by atoms with Crippen molar-refractivity contribution in [2.75, 3.05) is 11.9 Å². The number of nitrogens with zero attached hydrogens (tertiary/aromatic N) is 1. The number of benzene rings is 1. The number of carbonyl (C=O) groups excluding carboxylic acids is 1. The van der Waals surface area contributed by atoms with Crippen LogP contribution in [0, 0.1) is 5.82 Å². The molecular formula is C14H14FN3O. The first-order valence-corrected chi connectivity index (χ1v) is 5.89. The van der Waals surface area contributed by atoms with Gasteiger partial charge < -0.3 is 11.1 Å². The van der Waals surface area contributed by atoms with Gasteiger partial charge in [-0.3, -0.25) is 9.78 Å². The van der Waals surface area contributed by atoms with Crippen LogP contribution in [-0.4, -0.2) is 17.4 Å². The minimum absolute atomic E-state index is 0.229. The average molecular weight is 259 g/mol. The van der Waals surface area contributed by atoms with Crippen LogP contribution in [0.4, 0.5) is 10.1 Å². The van der Waals surface area contributed by atoms with Gasteiger partial charge in [-0.15, -0.1) is 0 Å². The Morgan fingerprint density at radius 2 is 2.00 bits per heavy atom. The summed E-state index contributed by atoms with van der Waals surface area (Å²) in [5.41, 5.74) is 7.20. The SMILES string of the molecule is NC(=O)c1cc(NCCc2ccc(F)cc2)ccn1. The van der Waals surface area contributed by atoms with E-state index in [4.69, 9.17) is 5.73 Å². The number of carbonyl (C=O) groups is 1. The zero-order valence-corrected chi connectivity index (χ0v) is 10.3. The molecule has 3 N–H and O–H groups in total. The molecule has 4 nitrogen and oxygen atoms in total. The second kappa shape index (κ2) is 5.95. The van der Waals surface area contributed by atoms with Gasteiger partial charge in [0.2, 0.25) is 0 Å². The van der Waals surface area contributed by atoms with Crippen LogP contribution in [0.25, 0.3) is 0 Å². The molecule has 19 heavy (non-hydrogen) atoms. The maximum Gasteiger partial charge on any atom is 0.267 e. The highest BCUT2D eigenvalue weighted by atomic mass is 19.1. The smallest absolute Gasteiger partial charge is 0.267 e. The van der Waals surface area contributed by atoms with Gasteiger partial charge in [-0.05, 0) is 36.2 Å². The summed E-state index contributed by atoms with van der Waals surface area (Å²) in [6.07, 6.45) is 2.29. The van der Waals surface area contributed by atoms with E-state index in [1.807, 2.05) is 0 Å². The van der Waals surface area contributed by atoms with Gasteiger partial charge in [0.25, 0.3) is 5.91 Å². The number of hydrogen-bond donors (Lipinski definition) is 2. The van der Waals surface area contributed by atoms with Crippen molar-refractivity contribution < 1.29 is 9.18 Å². The zero-order valence-electron chi connectivity index (χ0n) is 10.3. The lowest BCUT2D eigenvalue weighted by molar-refractivity contribution is 0.0995. The van der Waals surface area contributed by atoms with Crippen molar-refractivity contribution in [1.82, 2.24) is 4.98 Å². The number of amides is 1. The van der Waals surface area contributed by atoms with Crippen LogP contribution in [0.1, 0.15) is 16.1 Å².